The molecule has 0 aliphatic heterocycles. The summed E-state index contributed by atoms with van der Waals surface area (Å²) in [4.78, 5) is 72.3. The summed E-state index contributed by atoms with van der Waals surface area (Å²) in [7, 11) is -3.26. The lowest BCUT2D eigenvalue weighted by Crippen LogP contribution is -2.29. The Balaban J connectivity index is 0.000000180. The first-order valence-electron chi connectivity index (χ1n) is 33.9. The Kier molecular flexibility index (Phi) is 26.6. The minimum Gasteiger partial charge on any atom is -0.366 e. The van der Waals surface area contributed by atoms with E-state index < -0.39 is 26.0 Å². The van der Waals surface area contributed by atoms with Crippen LogP contribution in [0.5, 0.6) is 0 Å². The Morgan fingerprint density at radius 1 is 0.352 bits per heavy atom. The van der Waals surface area contributed by atoms with Crippen LogP contribution in [-0.2, 0) is 20.0 Å². The van der Waals surface area contributed by atoms with Gasteiger partial charge in [0.2, 0.25) is 26.0 Å². The Morgan fingerprint density at radius 3 is 0.876 bits per heavy atom. The minimum absolute atomic E-state index is 0.114. The third-order valence-electron chi connectivity index (χ3n) is 16.3. The molecule has 542 valence electrons. The van der Waals surface area contributed by atoms with Crippen LogP contribution in [0.4, 0.5) is 0 Å². The summed E-state index contributed by atoms with van der Waals surface area (Å²) in [5.74, 6) is -1.35. The Hall–Kier alpha value is -12.0. The zero-order valence-electron chi connectivity index (χ0n) is 58.9. The van der Waals surface area contributed by atoms with Crippen LogP contribution in [-0.4, -0.2) is 147 Å². The number of nitrogens with two attached hydrogens (primary N) is 2. The molecule has 0 aliphatic rings. The molecule has 0 saturated carbocycles. The second-order valence-corrected chi connectivity index (χ2v) is 27.3. The molecular weight excluding hydrogens is 1370 g/mol. The lowest BCUT2D eigenvalue weighted by atomic mass is 10.1. The number of aromatic nitrogens is 6. The van der Waals surface area contributed by atoms with Gasteiger partial charge in [-0.3, -0.25) is 28.8 Å². The van der Waals surface area contributed by atoms with Gasteiger partial charge in [-0.1, -0.05) is 105 Å². The number of hydrogen-bond acceptors (Lipinski definition) is 14. The third kappa shape index (κ3) is 20.2. The molecule has 0 bridgehead atoms. The molecule has 27 heteroatoms. The van der Waals surface area contributed by atoms with Gasteiger partial charge in [-0.15, -0.1) is 0 Å². The molecule has 9 aromatic carbocycles. The Morgan fingerprint density at radius 2 is 0.610 bits per heavy atom. The zero-order chi connectivity index (χ0) is 75.2. The molecule has 105 heavy (non-hydrogen) atoms. The van der Waals surface area contributed by atoms with Crippen LogP contribution in [0.1, 0.15) is 95.3 Å². The molecule has 3 heterocycles. The molecule has 0 saturated heterocycles. The molecule has 12 aromatic rings. The number of sulfonamides is 2. The van der Waals surface area contributed by atoms with Crippen molar-refractivity contribution in [2.24, 2.45) is 11.5 Å². The summed E-state index contributed by atoms with van der Waals surface area (Å²) in [5, 5.41) is 31.1. The summed E-state index contributed by atoms with van der Waals surface area (Å²) in [6.07, 6.45) is 3.92. The number of fused-ring (bicyclic) bond motifs is 3. The number of nitrogens with one attached hydrogen (secondary N) is 7. The van der Waals surface area contributed by atoms with Gasteiger partial charge in [0.25, 0.3) is 29.5 Å². The molecule has 0 unspecified atom stereocenters. The van der Waals surface area contributed by atoms with Crippen molar-refractivity contribution in [2.75, 3.05) is 65.9 Å². The first-order valence-corrected chi connectivity index (χ1v) is 37.6. The first kappa shape index (κ1) is 77.2. The quantitative estimate of drug-likeness (QED) is 0.0241. The molecule has 0 spiro atoms. The van der Waals surface area contributed by atoms with Crippen molar-refractivity contribution in [3.63, 3.8) is 0 Å². The topological polar surface area (TPSA) is 360 Å². The second-order valence-electron chi connectivity index (χ2n) is 23.7. The molecule has 12 rings (SSSR count). The van der Waals surface area contributed by atoms with Crippen LogP contribution < -0.4 is 47.5 Å². The number of amides is 6. The molecule has 0 atom stereocenters. The Labute approximate surface area is 608 Å². The van der Waals surface area contributed by atoms with Gasteiger partial charge >= 0.3 is 0 Å². The Bertz CT molecular complexity index is 5260. The fourth-order valence-corrected chi connectivity index (χ4v) is 12.1. The van der Waals surface area contributed by atoms with Gasteiger partial charge < -0.3 is 38.1 Å². The smallest absolute Gasteiger partial charge is 0.251 e. The summed E-state index contributed by atoms with van der Waals surface area (Å²) in [6.45, 7) is 6.35. The number of carbonyl (C=O) groups is 6. The SMILES string of the molecule is CC.CNC(=O)c1ccc(-n2nc(-c3ccc(C(=O)NCCCN)cc3)c3ccccc32)cc1.CNC(=O)c1ccc(-n2nc(-c3ccc(C(=O)NCCCNS(C)(=O)=O)cc3)c3ccccc32)cc1.CS(=O)(=O)NCCCNC(=O)c1ccc(-c2nn(-c3ccc(C(N)=O)cc3)c3ccccc23)cc1. The molecule has 0 aliphatic carbocycles. The van der Waals surface area contributed by atoms with Gasteiger partial charge in [-0.05, 0) is 153 Å². The van der Waals surface area contributed by atoms with Crippen molar-refractivity contribution in [1.82, 2.24) is 65.4 Å². The lowest BCUT2D eigenvalue weighted by molar-refractivity contribution is 0.0945. The standard InChI is InChI=1S/C26H27N5O4S.C25H25N5O4S.C25H25N5O2.C2H6/c1-27-25(32)19-12-14-21(15-13-19)31-23-7-4-3-6-22(23)24(30-31)18-8-10-20(11-9-18)26(33)28-16-5-17-29-36(2,34)35;1-35(33,34)28-16-4-15-27-25(32)19-9-7-17(8-10-19)23-21-5-2-3-6-22(21)30(29-23)20-13-11-18(12-14-20)24(26)31;1-27-24(31)18-11-13-20(14-12-18)30-22-6-3-2-5-21(22)23(29-30)17-7-9-19(10-8-17)25(32)28-16-4-15-26;1-2/h3-4,6-15,29H,5,16-17H2,1-2H3,(H,27,32)(H,28,33);2-3,5-14,28H,4,15-16H2,1H3,(H2,26,31)(H,27,32);2-3,5-14H,4,15-16,26H2,1H3,(H,27,31)(H,28,32);1-2H3. The molecule has 3 aromatic heterocycles. The van der Waals surface area contributed by atoms with Gasteiger partial charge in [0, 0.05) is 113 Å². The van der Waals surface area contributed by atoms with Gasteiger partial charge in [-0.25, -0.2) is 40.3 Å². The number of primary amides is 1. The highest BCUT2D eigenvalue weighted by Gasteiger charge is 2.20. The zero-order valence-corrected chi connectivity index (χ0v) is 60.5. The van der Waals surface area contributed by atoms with Crippen molar-refractivity contribution in [1.29, 1.82) is 0 Å². The number of rotatable bonds is 25. The maximum Gasteiger partial charge on any atom is 0.251 e. The van der Waals surface area contributed by atoms with Crippen molar-refractivity contribution >= 4 is 88.2 Å². The largest absolute Gasteiger partial charge is 0.366 e. The lowest BCUT2D eigenvalue weighted by Gasteiger charge is -2.06. The van der Waals surface area contributed by atoms with Crippen LogP contribution in [0.2, 0.25) is 0 Å². The van der Waals surface area contributed by atoms with E-state index in [9.17, 15) is 45.6 Å². The van der Waals surface area contributed by atoms with Gasteiger partial charge in [0.1, 0.15) is 17.1 Å². The highest BCUT2D eigenvalue weighted by atomic mass is 32.2. The molecule has 11 N–H and O–H groups in total. The van der Waals surface area contributed by atoms with Crippen LogP contribution in [0, 0.1) is 0 Å². The minimum atomic E-state index is -3.23. The molecule has 0 fully saturated rings. The van der Waals surface area contributed by atoms with E-state index in [0.29, 0.717) is 72.4 Å². The molecule has 6 amide bonds. The van der Waals surface area contributed by atoms with E-state index in [1.807, 2.05) is 157 Å². The van der Waals surface area contributed by atoms with Crippen molar-refractivity contribution in [2.45, 2.75) is 33.1 Å². The second kappa shape index (κ2) is 36.2. The van der Waals surface area contributed by atoms with E-state index in [1.54, 1.807) is 104 Å². The van der Waals surface area contributed by atoms with Crippen LogP contribution >= 0.6 is 0 Å². The van der Waals surface area contributed by atoms with Gasteiger partial charge in [0.05, 0.1) is 46.1 Å². The fraction of sp³-hybridized carbons (Fsp3) is 0.192. The van der Waals surface area contributed by atoms with Crippen molar-refractivity contribution in [3.8, 4) is 50.8 Å². The average molecular weight is 1450 g/mol. The number of para-hydroxylation sites is 3. The predicted molar refractivity (Wildman–Crippen MR) is 412 cm³/mol. The highest BCUT2D eigenvalue weighted by Crippen LogP contribution is 2.34. The molecular formula is C78H83N15O10S2. The van der Waals surface area contributed by atoms with E-state index in [0.717, 1.165) is 102 Å². The van der Waals surface area contributed by atoms with E-state index >= 15 is 0 Å². The monoisotopic (exact) mass is 1450 g/mol. The number of hydrogen-bond donors (Lipinski definition) is 9. The number of carbonyl (C=O) groups excluding carboxylic acids is 6. The predicted octanol–water partition coefficient (Wildman–Crippen LogP) is 9.34. The van der Waals surface area contributed by atoms with Gasteiger partial charge in [0.15, 0.2) is 0 Å². The highest BCUT2D eigenvalue weighted by molar-refractivity contribution is 7.89. The van der Waals surface area contributed by atoms with Crippen LogP contribution in [0.25, 0.3) is 83.5 Å². The number of benzene rings is 9. The van der Waals surface area contributed by atoms with Gasteiger partial charge in [-0.2, -0.15) is 15.3 Å². The van der Waals surface area contributed by atoms with Crippen LogP contribution in [0.15, 0.2) is 218 Å². The van der Waals surface area contributed by atoms with E-state index in [-0.39, 0.29) is 42.6 Å². The van der Waals surface area contributed by atoms with Crippen molar-refractivity contribution < 1.29 is 45.6 Å². The summed E-state index contributed by atoms with van der Waals surface area (Å²) >= 11 is 0. The summed E-state index contributed by atoms with van der Waals surface area (Å²) in [6, 6.07) is 66.9. The molecule has 0 radical (unpaired) electrons. The number of nitrogens with zero attached hydrogens (tertiary/aromatic N) is 6. The molecule has 25 nitrogen and oxygen atoms in total. The maximum absolute atomic E-state index is 12.5. The van der Waals surface area contributed by atoms with E-state index in [1.165, 1.54) is 0 Å². The summed E-state index contributed by atoms with van der Waals surface area (Å²) in [5.41, 5.74) is 24.2. The average Bonchev–Trinajstić information content (AvgIpc) is 1.64. The first-order chi connectivity index (χ1) is 50.6. The fourth-order valence-electron chi connectivity index (χ4n) is 11.0. The summed E-state index contributed by atoms with van der Waals surface area (Å²) < 4.78 is 54.6. The van der Waals surface area contributed by atoms with E-state index in [2.05, 4.69) is 36.0 Å². The van der Waals surface area contributed by atoms with Crippen LogP contribution in [0.3, 0.4) is 0 Å². The third-order valence-corrected chi connectivity index (χ3v) is 17.8. The normalized spacial score (nSPS) is 11.1. The van der Waals surface area contributed by atoms with E-state index in [4.69, 9.17) is 26.8 Å². The van der Waals surface area contributed by atoms with Crippen molar-refractivity contribution in [3.05, 3.63) is 252 Å². The maximum atomic E-state index is 12.5.